The molecule has 362 valence electrons. The average molecular weight is 946 g/mol. The number of hydrogen-bond acceptors (Lipinski definition) is 20. The second kappa shape index (κ2) is 21.3. The van der Waals surface area contributed by atoms with Gasteiger partial charge in [-0.25, -0.2) is 14.4 Å². The lowest BCUT2D eigenvalue weighted by Crippen LogP contribution is -2.82. The zero-order valence-electron chi connectivity index (χ0n) is 37.7. The summed E-state index contributed by atoms with van der Waals surface area (Å²) < 4.78 is 45.8. The highest BCUT2D eigenvalue weighted by atomic mass is 32.2. The van der Waals surface area contributed by atoms with Crippen molar-refractivity contribution in [2.24, 2.45) is 34.5 Å². The van der Waals surface area contributed by atoms with Gasteiger partial charge in [0.05, 0.1) is 42.8 Å². The number of esters is 4. The van der Waals surface area contributed by atoms with E-state index in [-0.39, 0.29) is 31.8 Å². The van der Waals surface area contributed by atoms with E-state index in [0.29, 0.717) is 24.3 Å². The maximum atomic E-state index is 15.0. The summed E-state index contributed by atoms with van der Waals surface area (Å²) in [6.45, 7) is 8.56. The molecule has 12 atom stereocenters. The fourth-order valence-electron chi connectivity index (χ4n) is 10.4. The molecule has 1 heterocycles. The van der Waals surface area contributed by atoms with Gasteiger partial charge in [0.1, 0.15) is 30.5 Å². The van der Waals surface area contributed by atoms with Gasteiger partial charge in [0, 0.05) is 67.3 Å². The monoisotopic (exact) mass is 945 g/mol. The highest BCUT2D eigenvalue weighted by molar-refractivity contribution is 7.94. The zero-order valence-corrected chi connectivity index (χ0v) is 38.6. The number of aliphatic hydroxyl groups is 2. The molecule has 20 heteroatoms. The van der Waals surface area contributed by atoms with Gasteiger partial charge in [0.15, 0.2) is 5.60 Å². The van der Waals surface area contributed by atoms with Gasteiger partial charge in [0.25, 0.3) is 0 Å². The van der Waals surface area contributed by atoms with Crippen molar-refractivity contribution < 1.29 is 86.5 Å². The SMILES string of the molecule is CC(=O)O[C@@]12CO[C@@H]1C[C@H](O)[C@@]1(C)C(=O)C(=O)C3C(C)[C@@H](OC(=O)[C@H](OC(=O)COCCOCCCSOOON)[C@@H](C)c4ccccc4)C[C@@](O)([C@@H](OC(=O)c4ccccc4)[C@H]21)C3(C)C. The number of nitrogens with two attached hydrogens (primary N) is 1. The van der Waals surface area contributed by atoms with E-state index in [2.05, 4.69) is 14.4 Å². The van der Waals surface area contributed by atoms with Crippen LogP contribution in [0.5, 0.6) is 0 Å². The van der Waals surface area contributed by atoms with Crippen LogP contribution < -0.4 is 5.90 Å². The third-order valence-electron chi connectivity index (χ3n) is 14.0. The summed E-state index contributed by atoms with van der Waals surface area (Å²) >= 11 is 0.961. The van der Waals surface area contributed by atoms with Crippen LogP contribution in [0.4, 0.5) is 0 Å². The maximum Gasteiger partial charge on any atom is 0.348 e. The molecular formula is C46H59NO18S. The van der Waals surface area contributed by atoms with Crippen molar-refractivity contribution in [1.29, 1.82) is 0 Å². The molecule has 4 aliphatic rings. The van der Waals surface area contributed by atoms with Gasteiger partial charge in [-0.2, -0.15) is 5.90 Å². The molecule has 3 saturated carbocycles. The van der Waals surface area contributed by atoms with Crippen molar-refractivity contribution in [3.05, 3.63) is 71.8 Å². The summed E-state index contributed by atoms with van der Waals surface area (Å²) in [7, 11) is 0. The number of rotatable bonds is 20. The Bertz CT molecular complexity index is 2060. The minimum atomic E-state index is -2.35. The van der Waals surface area contributed by atoms with Crippen molar-refractivity contribution in [2.75, 3.05) is 38.8 Å². The van der Waals surface area contributed by atoms with E-state index in [1.54, 1.807) is 76.2 Å². The normalized spacial score (nSPS) is 31.9. The molecule has 3 aliphatic carbocycles. The predicted molar refractivity (Wildman–Crippen MR) is 229 cm³/mol. The van der Waals surface area contributed by atoms with E-state index < -0.39 is 125 Å². The fraction of sp³-hybridized carbons (Fsp3) is 0.609. The number of carbonyl (C=O) groups is 6. The van der Waals surface area contributed by atoms with E-state index in [9.17, 15) is 34.2 Å². The van der Waals surface area contributed by atoms with Crippen molar-refractivity contribution in [3.8, 4) is 0 Å². The van der Waals surface area contributed by atoms with Crippen molar-refractivity contribution in [1.82, 2.24) is 0 Å². The number of fused-ring (bicyclic) bond motifs is 5. The first-order valence-electron chi connectivity index (χ1n) is 21.8. The Morgan fingerprint density at radius 1 is 0.955 bits per heavy atom. The van der Waals surface area contributed by atoms with Crippen LogP contribution in [-0.4, -0.2) is 126 Å². The number of benzene rings is 2. The number of aliphatic hydroxyl groups excluding tert-OH is 1. The van der Waals surface area contributed by atoms with Crippen molar-refractivity contribution in [2.45, 2.75) is 108 Å². The van der Waals surface area contributed by atoms with Crippen LogP contribution >= 0.6 is 12.0 Å². The molecular weight excluding hydrogens is 887 g/mol. The van der Waals surface area contributed by atoms with E-state index in [1.807, 2.05) is 0 Å². The second-order valence-electron chi connectivity index (χ2n) is 18.1. The molecule has 2 aromatic rings. The van der Waals surface area contributed by atoms with Crippen LogP contribution in [0.15, 0.2) is 60.7 Å². The van der Waals surface area contributed by atoms with Gasteiger partial charge < -0.3 is 43.4 Å². The molecule has 4 fully saturated rings. The standard InChI is InChI=1S/C46H59NO18S/c1-26(29-14-9-7-10-15-29)37(60-34(50)24-57-20-19-56-18-13-21-66-65-64-63-47)42(54)59-31-23-46(55)40(61-41(53)30-16-11-8-12-17-30)38-44(6,39(52)36(51)35(27(31)2)43(46,4)5)32(49)22-33-45(38,25-58-33)62-28(3)48/h7-12,14-17,26-27,31-33,35,37-38,40,49,55H,13,18-25,47H2,1-6H3/t26-,27?,31-,32-,33+,35?,37+,38-,40-,44+,45-,46+/m0/s1. The van der Waals surface area contributed by atoms with E-state index >= 15 is 4.79 Å². The summed E-state index contributed by atoms with van der Waals surface area (Å²) in [6.07, 6.45) is -7.42. The minimum absolute atomic E-state index is 0.0208. The lowest BCUT2D eigenvalue weighted by molar-refractivity contribution is -0.464. The first-order valence-corrected chi connectivity index (χ1v) is 22.7. The summed E-state index contributed by atoms with van der Waals surface area (Å²) in [4.78, 5) is 88.8. The van der Waals surface area contributed by atoms with Gasteiger partial charge in [-0.1, -0.05) is 76.2 Å². The highest BCUT2D eigenvalue weighted by Gasteiger charge is 2.79. The van der Waals surface area contributed by atoms with Gasteiger partial charge in [-0.3, -0.25) is 14.4 Å². The molecule has 6 rings (SSSR count). The smallest absolute Gasteiger partial charge is 0.348 e. The lowest BCUT2D eigenvalue weighted by atomic mass is 9.42. The lowest BCUT2D eigenvalue weighted by Gasteiger charge is -2.67. The van der Waals surface area contributed by atoms with Gasteiger partial charge in [-0.05, 0) is 36.1 Å². The van der Waals surface area contributed by atoms with Gasteiger partial charge in [-0.15, -0.1) is 9.32 Å². The third kappa shape index (κ3) is 9.94. The molecule has 1 aliphatic heterocycles. The molecule has 0 aromatic heterocycles. The fourth-order valence-corrected chi connectivity index (χ4v) is 10.8. The summed E-state index contributed by atoms with van der Waals surface area (Å²) in [5.74, 6) is -5.13. The number of hydrogen-bond donors (Lipinski definition) is 3. The van der Waals surface area contributed by atoms with Crippen LogP contribution in [0.1, 0.15) is 82.6 Å². The molecule has 0 spiro atoms. The largest absolute Gasteiger partial charge is 0.459 e. The van der Waals surface area contributed by atoms with Crippen LogP contribution in [-0.2, 0) is 71.5 Å². The highest BCUT2D eigenvalue weighted by Crippen LogP contribution is 2.64. The van der Waals surface area contributed by atoms with Crippen molar-refractivity contribution in [3.63, 3.8) is 0 Å². The number of carbonyl (C=O) groups excluding carboxylic acids is 6. The quantitative estimate of drug-likeness (QED) is 0.0327. The molecule has 2 aromatic carbocycles. The van der Waals surface area contributed by atoms with E-state index in [4.69, 9.17) is 39.1 Å². The molecule has 2 bridgehead atoms. The number of ketones is 2. The topological polar surface area (TPSA) is 261 Å². The Morgan fingerprint density at radius 2 is 1.62 bits per heavy atom. The number of ether oxygens (including phenoxy) is 7. The Labute approximate surface area is 386 Å². The van der Waals surface area contributed by atoms with Crippen molar-refractivity contribution >= 4 is 47.5 Å². The predicted octanol–water partition coefficient (Wildman–Crippen LogP) is 3.32. The average Bonchev–Trinajstić information content (AvgIpc) is 3.28. The molecule has 2 unspecified atom stereocenters. The third-order valence-corrected chi connectivity index (χ3v) is 14.6. The molecule has 19 nitrogen and oxygen atoms in total. The molecule has 1 saturated heterocycles. The zero-order chi connectivity index (χ0) is 48.0. The molecule has 0 amide bonds. The van der Waals surface area contributed by atoms with E-state index in [0.717, 1.165) is 19.0 Å². The molecule has 66 heavy (non-hydrogen) atoms. The Hall–Kier alpha value is -4.35. The second-order valence-corrected chi connectivity index (χ2v) is 18.9. The van der Waals surface area contributed by atoms with Gasteiger partial charge in [0.2, 0.25) is 17.7 Å². The first kappa shape index (κ1) is 51.0. The minimum Gasteiger partial charge on any atom is -0.459 e. The van der Waals surface area contributed by atoms with Crippen LogP contribution in [0, 0.1) is 28.6 Å². The van der Waals surface area contributed by atoms with Crippen LogP contribution in [0.2, 0.25) is 0 Å². The summed E-state index contributed by atoms with van der Waals surface area (Å²) in [6, 6.07) is 16.6. The molecule has 4 N–H and O–H groups in total. The maximum absolute atomic E-state index is 15.0. The molecule has 0 radical (unpaired) electrons. The first-order chi connectivity index (χ1) is 31.3. The van der Waals surface area contributed by atoms with Crippen LogP contribution in [0.3, 0.4) is 0 Å². The Balaban J connectivity index is 1.31. The van der Waals surface area contributed by atoms with Gasteiger partial charge >= 0.3 is 23.9 Å². The summed E-state index contributed by atoms with van der Waals surface area (Å²) in [5.41, 5.74) is -7.10. The summed E-state index contributed by atoms with van der Waals surface area (Å²) in [5, 5.41) is 29.6. The number of Topliss-reactive ketones (excluding diaryl/α,β-unsaturated/α-hetero) is 2. The Morgan fingerprint density at radius 3 is 2.26 bits per heavy atom. The van der Waals surface area contributed by atoms with E-state index in [1.165, 1.54) is 19.1 Å². The Kier molecular flexibility index (Phi) is 16.5. The van der Waals surface area contributed by atoms with Crippen LogP contribution in [0.25, 0.3) is 0 Å².